The number of rotatable bonds is 4. The lowest BCUT2D eigenvalue weighted by Gasteiger charge is -2.20. The molecule has 0 radical (unpaired) electrons. The van der Waals surface area contributed by atoms with Crippen molar-refractivity contribution < 1.29 is 9.53 Å². The fourth-order valence-electron chi connectivity index (χ4n) is 0.591. The third-order valence-electron chi connectivity index (χ3n) is 2.01. The number of carbonyl (C=O) groups is 1. The van der Waals surface area contributed by atoms with Crippen molar-refractivity contribution in [3.63, 3.8) is 0 Å². The molecule has 3 nitrogen and oxygen atoms in total. The van der Waals surface area contributed by atoms with E-state index in [0.717, 1.165) is 6.42 Å². The second-order valence-electron chi connectivity index (χ2n) is 3.30. The molecule has 0 amide bonds. The molecule has 0 aromatic carbocycles. The van der Waals surface area contributed by atoms with E-state index < -0.39 is 0 Å². The molecule has 0 rings (SSSR count). The monoisotopic (exact) mass is 209 g/mol. The molecule has 0 saturated heterocycles. The summed E-state index contributed by atoms with van der Waals surface area (Å²) in [5, 5.41) is 0. The molecule has 80 valence electrons. The summed E-state index contributed by atoms with van der Waals surface area (Å²) in [7, 11) is 3.73. The number of hydrogen-bond donors (Lipinski definition) is 0. The molecule has 2 unspecified atom stereocenters. The lowest BCUT2D eigenvalue weighted by molar-refractivity contribution is -0.153. The molecule has 0 spiro atoms. The molecule has 0 aliphatic rings. The molecule has 2 atom stereocenters. The second-order valence-corrected chi connectivity index (χ2v) is 3.30. The Hall–Kier alpha value is -0.280. The van der Waals surface area contributed by atoms with Gasteiger partial charge in [0.15, 0.2) is 0 Å². The maximum atomic E-state index is 11.3. The molecule has 13 heavy (non-hydrogen) atoms. The quantitative estimate of drug-likeness (QED) is 0.661. The van der Waals surface area contributed by atoms with Crippen LogP contribution < -0.4 is 0 Å². The first-order valence-corrected chi connectivity index (χ1v) is 4.36. The highest BCUT2D eigenvalue weighted by atomic mass is 35.5. The minimum absolute atomic E-state index is 0. The molecule has 0 fully saturated rings. The van der Waals surface area contributed by atoms with Crippen molar-refractivity contribution in [3.05, 3.63) is 0 Å². The van der Waals surface area contributed by atoms with Gasteiger partial charge in [0.05, 0.1) is 6.10 Å². The third kappa shape index (κ3) is 5.88. The van der Waals surface area contributed by atoms with E-state index in [9.17, 15) is 4.79 Å². The maximum absolute atomic E-state index is 11.3. The predicted molar refractivity (Wildman–Crippen MR) is 56.2 cm³/mol. The van der Waals surface area contributed by atoms with Crippen LogP contribution in [-0.4, -0.2) is 37.1 Å². The van der Waals surface area contributed by atoms with Crippen molar-refractivity contribution in [1.29, 1.82) is 0 Å². The van der Waals surface area contributed by atoms with Gasteiger partial charge in [0, 0.05) is 0 Å². The van der Waals surface area contributed by atoms with Gasteiger partial charge in [-0.15, -0.1) is 12.4 Å². The number of halogens is 1. The van der Waals surface area contributed by atoms with Gasteiger partial charge in [0.2, 0.25) is 0 Å². The van der Waals surface area contributed by atoms with Crippen LogP contribution >= 0.6 is 12.4 Å². The van der Waals surface area contributed by atoms with Crippen LogP contribution in [0.3, 0.4) is 0 Å². The molecule has 0 bridgehead atoms. The molecular formula is C9H20ClNO2. The summed E-state index contributed by atoms with van der Waals surface area (Å²) in [6, 6.07) is -0.154. The predicted octanol–water partition coefficient (Wildman–Crippen LogP) is 1.70. The van der Waals surface area contributed by atoms with E-state index >= 15 is 0 Å². The highest BCUT2D eigenvalue weighted by molar-refractivity contribution is 5.85. The number of hydrogen-bond acceptors (Lipinski definition) is 3. The number of carbonyl (C=O) groups excluding carboxylic acids is 1. The largest absolute Gasteiger partial charge is 0.462 e. The molecule has 0 aromatic rings. The lowest BCUT2D eigenvalue weighted by atomic mass is 10.3. The van der Waals surface area contributed by atoms with Crippen molar-refractivity contribution in [2.24, 2.45) is 0 Å². The number of nitrogens with zero attached hydrogens (tertiary/aromatic N) is 1. The zero-order valence-corrected chi connectivity index (χ0v) is 9.85. The van der Waals surface area contributed by atoms with E-state index in [4.69, 9.17) is 4.74 Å². The normalized spacial score (nSPS) is 14.6. The van der Waals surface area contributed by atoms with Crippen LogP contribution in [0.5, 0.6) is 0 Å². The van der Waals surface area contributed by atoms with Crippen LogP contribution in [0, 0.1) is 0 Å². The Kier molecular flexibility index (Phi) is 8.37. The van der Waals surface area contributed by atoms with Crippen molar-refractivity contribution >= 4 is 18.4 Å². The van der Waals surface area contributed by atoms with Crippen LogP contribution in [0.15, 0.2) is 0 Å². The number of ether oxygens (including phenoxy) is 1. The zero-order valence-electron chi connectivity index (χ0n) is 9.03. The average molecular weight is 210 g/mol. The summed E-state index contributed by atoms with van der Waals surface area (Å²) in [6.45, 7) is 5.74. The molecule has 0 aliphatic carbocycles. The van der Waals surface area contributed by atoms with E-state index in [0.29, 0.717) is 0 Å². The average Bonchev–Trinajstić information content (AvgIpc) is 2.02. The molecule has 0 N–H and O–H groups in total. The van der Waals surface area contributed by atoms with E-state index in [1.54, 1.807) is 0 Å². The van der Waals surface area contributed by atoms with Crippen LogP contribution in [0.4, 0.5) is 0 Å². The summed E-state index contributed by atoms with van der Waals surface area (Å²) >= 11 is 0. The van der Waals surface area contributed by atoms with Gasteiger partial charge in [0.25, 0.3) is 0 Å². The van der Waals surface area contributed by atoms with Crippen LogP contribution in [0.1, 0.15) is 27.2 Å². The Morgan fingerprint density at radius 3 is 2.15 bits per heavy atom. The Balaban J connectivity index is 0. The van der Waals surface area contributed by atoms with Gasteiger partial charge in [-0.25, -0.2) is 0 Å². The van der Waals surface area contributed by atoms with E-state index in [1.807, 2.05) is 39.8 Å². The van der Waals surface area contributed by atoms with Gasteiger partial charge >= 0.3 is 5.97 Å². The fraction of sp³-hybridized carbons (Fsp3) is 0.889. The maximum Gasteiger partial charge on any atom is 0.323 e. The van der Waals surface area contributed by atoms with Gasteiger partial charge < -0.3 is 4.74 Å². The first-order valence-electron chi connectivity index (χ1n) is 4.36. The van der Waals surface area contributed by atoms with Crippen molar-refractivity contribution in [3.8, 4) is 0 Å². The second kappa shape index (κ2) is 7.15. The van der Waals surface area contributed by atoms with Gasteiger partial charge in [-0.05, 0) is 34.4 Å². The van der Waals surface area contributed by atoms with Crippen LogP contribution in [-0.2, 0) is 9.53 Å². The Morgan fingerprint density at radius 2 is 1.85 bits per heavy atom. The summed E-state index contributed by atoms with van der Waals surface area (Å²) in [6.07, 6.45) is 0.895. The Morgan fingerprint density at radius 1 is 1.38 bits per heavy atom. The van der Waals surface area contributed by atoms with Gasteiger partial charge in [-0.1, -0.05) is 6.92 Å². The highest BCUT2D eigenvalue weighted by Gasteiger charge is 2.17. The van der Waals surface area contributed by atoms with Gasteiger partial charge in [-0.2, -0.15) is 0 Å². The molecular weight excluding hydrogens is 190 g/mol. The molecule has 0 saturated carbocycles. The van der Waals surface area contributed by atoms with Crippen molar-refractivity contribution in [1.82, 2.24) is 4.90 Å². The zero-order chi connectivity index (χ0) is 9.72. The first-order chi connectivity index (χ1) is 5.49. The minimum atomic E-state index is -0.154. The Bertz CT molecular complexity index is 151. The summed E-state index contributed by atoms with van der Waals surface area (Å²) in [5.74, 6) is -0.144. The van der Waals surface area contributed by atoms with Crippen LogP contribution in [0.25, 0.3) is 0 Å². The van der Waals surface area contributed by atoms with E-state index in [1.165, 1.54) is 0 Å². The summed E-state index contributed by atoms with van der Waals surface area (Å²) in [4.78, 5) is 13.1. The third-order valence-corrected chi connectivity index (χ3v) is 2.01. The molecule has 0 aromatic heterocycles. The molecule has 0 heterocycles. The minimum Gasteiger partial charge on any atom is -0.462 e. The summed E-state index contributed by atoms with van der Waals surface area (Å²) < 4.78 is 5.14. The topological polar surface area (TPSA) is 29.5 Å². The van der Waals surface area contributed by atoms with Crippen molar-refractivity contribution in [2.75, 3.05) is 14.1 Å². The van der Waals surface area contributed by atoms with Crippen molar-refractivity contribution in [2.45, 2.75) is 39.3 Å². The first kappa shape index (κ1) is 15.2. The Labute approximate surface area is 86.8 Å². The van der Waals surface area contributed by atoms with E-state index in [2.05, 4.69) is 0 Å². The number of esters is 1. The standard InChI is InChI=1S/C9H19NO2.ClH/c1-6-7(2)12-9(11)8(3)10(4)5;/h7-8H,6H2,1-5H3;1H. The van der Waals surface area contributed by atoms with Gasteiger partial charge in [-0.3, -0.25) is 9.69 Å². The smallest absolute Gasteiger partial charge is 0.323 e. The number of likely N-dealkylation sites (N-methyl/N-ethyl adjacent to an activating group) is 1. The molecule has 4 heteroatoms. The summed E-state index contributed by atoms with van der Waals surface area (Å²) in [5.41, 5.74) is 0. The lowest BCUT2D eigenvalue weighted by Crippen LogP contribution is -2.35. The van der Waals surface area contributed by atoms with Crippen LogP contribution in [0.2, 0.25) is 0 Å². The van der Waals surface area contributed by atoms with E-state index in [-0.39, 0.29) is 30.5 Å². The molecule has 0 aliphatic heterocycles. The SMILES string of the molecule is CCC(C)OC(=O)C(C)N(C)C.Cl. The highest BCUT2D eigenvalue weighted by Crippen LogP contribution is 2.01. The van der Waals surface area contributed by atoms with Gasteiger partial charge in [0.1, 0.15) is 6.04 Å². The fourth-order valence-corrected chi connectivity index (χ4v) is 0.591.